The van der Waals surface area contributed by atoms with E-state index in [0.717, 1.165) is 12.0 Å². The van der Waals surface area contributed by atoms with Crippen molar-refractivity contribution in [3.8, 4) is 0 Å². The van der Waals surface area contributed by atoms with E-state index in [0.29, 0.717) is 13.2 Å². The third-order valence-electron chi connectivity index (χ3n) is 2.44. The molecule has 0 aromatic heterocycles. The molecule has 0 aliphatic heterocycles. The summed E-state index contributed by atoms with van der Waals surface area (Å²) in [6.45, 7) is 3.15. The molecule has 3 heteroatoms. The molecule has 2 atom stereocenters. The molecule has 1 rings (SSSR count). The van der Waals surface area contributed by atoms with Crippen LogP contribution in [0, 0.1) is 0 Å². The van der Waals surface area contributed by atoms with Crippen molar-refractivity contribution in [1.82, 2.24) is 0 Å². The van der Waals surface area contributed by atoms with Gasteiger partial charge in [0.15, 0.2) is 0 Å². The lowest BCUT2D eigenvalue weighted by Crippen LogP contribution is -2.44. The highest BCUT2D eigenvalue weighted by atomic mass is 16.5. The molecule has 84 valence electrons. The van der Waals surface area contributed by atoms with E-state index in [2.05, 4.69) is 0 Å². The van der Waals surface area contributed by atoms with Crippen molar-refractivity contribution in [3.05, 3.63) is 35.9 Å². The largest absolute Gasteiger partial charge is 0.375 e. The normalized spacial score (nSPS) is 14.9. The minimum absolute atomic E-state index is 0.0285. The van der Waals surface area contributed by atoms with Crippen LogP contribution < -0.4 is 11.5 Å². The maximum atomic E-state index is 5.84. The third-order valence-corrected chi connectivity index (χ3v) is 2.44. The summed E-state index contributed by atoms with van der Waals surface area (Å²) in [6, 6.07) is 10.0. The molecule has 0 fully saturated rings. The fourth-order valence-electron chi connectivity index (χ4n) is 1.31. The molecule has 1 aromatic rings. The van der Waals surface area contributed by atoms with Crippen molar-refractivity contribution in [2.24, 2.45) is 11.5 Å². The zero-order valence-electron chi connectivity index (χ0n) is 9.23. The number of rotatable bonds is 6. The zero-order valence-corrected chi connectivity index (χ0v) is 9.23. The third kappa shape index (κ3) is 4.42. The number of nitrogens with two attached hydrogens (primary N) is 2. The second-order valence-corrected chi connectivity index (χ2v) is 3.74. The zero-order chi connectivity index (χ0) is 11.1. The maximum Gasteiger partial charge on any atom is 0.0717 e. The van der Waals surface area contributed by atoms with Crippen LogP contribution in [0.5, 0.6) is 0 Å². The first-order valence-corrected chi connectivity index (χ1v) is 5.37. The van der Waals surface area contributed by atoms with Gasteiger partial charge in [0.25, 0.3) is 0 Å². The summed E-state index contributed by atoms with van der Waals surface area (Å²) in [7, 11) is 0. The minimum Gasteiger partial charge on any atom is -0.375 e. The van der Waals surface area contributed by atoms with E-state index in [1.54, 1.807) is 0 Å². The molecule has 0 aliphatic carbocycles. The summed E-state index contributed by atoms with van der Waals surface area (Å²) < 4.78 is 5.50. The van der Waals surface area contributed by atoms with Crippen LogP contribution in [0.15, 0.2) is 30.3 Å². The van der Waals surface area contributed by atoms with Gasteiger partial charge in [0, 0.05) is 12.1 Å². The Morgan fingerprint density at radius 3 is 2.40 bits per heavy atom. The molecule has 15 heavy (non-hydrogen) atoms. The quantitative estimate of drug-likeness (QED) is 0.740. The van der Waals surface area contributed by atoms with Crippen LogP contribution >= 0.6 is 0 Å². The number of benzene rings is 1. The Morgan fingerprint density at radius 2 is 1.80 bits per heavy atom. The molecule has 1 aromatic carbocycles. The smallest absolute Gasteiger partial charge is 0.0717 e. The minimum atomic E-state index is -0.0706. The maximum absolute atomic E-state index is 5.84. The lowest BCUT2D eigenvalue weighted by molar-refractivity contribution is 0.101. The Kier molecular flexibility index (Phi) is 5.32. The van der Waals surface area contributed by atoms with E-state index in [1.165, 1.54) is 0 Å². The van der Waals surface area contributed by atoms with Gasteiger partial charge in [0.2, 0.25) is 0 Å². The average Bonchev–Trinajstić information content (AvgIpc) is 2.29. The molecule has 0 unspecified atom stereocenters. The Balaban J connectivity index is 2.22. The van der Waals surface area contributed by atoms with Gasteiger partial charge in [0.1, 0.15) is 0 Å². The number of hydrogen-bond acceptors (Lipinski definition) is 3. The molecule has 0 heterocycles. The van der Waals surface area contributed by atoms with Crippen molar-refractivity contribution in [2.75, 3.05) is 6.61 Å². The SMILES string of the molecule is CC[C@@H](N)[C@@H](N)COCc1ccccc1. The monoisotopic (exact) mass is 208 g/mol. The molecule has 0 spiro atoms. The van der Waals surface area contributed by atoms with E-state index in [-0.39, 0.29) is 12.1 Å². The molecule has 4 N–H and O–H groups in total. The topological polar surface area (TPSA) is 61.3 Å². The first kappa shape index (κ1) is 12.2. The standard InChI is InChI=1S/C12H20N2O/c1-2-11(13)12(14)9-15-8-10-6-4-3-5-7-10/h3-7,11-12H,2,8-9,13-14H2,1H3/t11-,12+/m1/s1. The van der Waals surface area contributed by atoms with E-state index in [9.17, 15) is 0 Å². The van der Waals surface area contributed by atoms with Gasteiger partial charge in [-0.05, 0) is 12.0 Å². The molecule has 0 saturated heterocycles. The van der Waals surface area contributed by atoms with Crippen molar-refractivity contribution >= 4 is 0 Å². The van der Waals surface area contributed by atoms with Crippen molar-refractivity contribution in [3.63, 3.8) is 0 Å². The van der Waals surface area contributed by atoms with Crippen molar-refractivity contribution in [1.29, 1.82) is 0 Å². The summed E-state index contributed by atoms with van der Waals surface area (Å²) in [6.07, 6.45) is 0.885. The summed E-state index contributed by atoms with van der Waals surface area (Å²) in [5.41, 5.74) is 12.8. The first-order chi connectivity index (χ1) is 7.24. The lowest BCUT2D eigenvalue weighted by Gasteiger charge is -2.18. The number of hydrogen-bond donors (Lipinski definition) is 2. The predicted molar refractivity (Wildman–Crippen MR) is 62.3 cm³/mol. The van der Waals surface area contributed by atoms with Gasteiger partial charge in [-0.2, -0.15) is 0 Å². The molecule has 3 nitrogen and oxygen atoms in total. The molecular weight excluding hydrogens is 188 g/mol. The highest BCUT2D eigenvalue weighted by molar-refractivity contribution is 5.13. The molecule has 0 saturated carbocycles. The van der Waals surface area contributed by atoms with Crippen LogP contribution in [-0.2, 0) is 11.3 Å². The van der Waals surface area contributed by atoms with Gasteiger partial charge in [-0.25, -0.2) is 0 Å². The van der Waals surface area contributed by atoms with Crippen LogP contribution in [0.3, 0.4) is 0 Å². The van der Waals surface area contributed by atoms with Gasteiger partial charge < -0.3 is 16.2 Å². The summed E-state index contributed by atoms with van der Waals surface area (Å²) >= 11 is 0. The number of ether oxygens (including phenoxy) is 1. The van der Waals surface area contributed by atoms with E-state index < -0.39 is 0 Å². The fraction of sp³-hybridized carbons (Fsp3) is 0.500. The predicted octanol–water partition coefficient (Wildman–Crippen LogP) is 1.27. The molecule has 0 radical (unpaired) electrons. The van der Waals surface area contributed by atoms with Crippen LogP contribution in [0.2, 0.25) is 0 Å². The van der Waals surface area contributed by atoms with Crippen LogP contribution in [0.1, 0.15) is 18.9 Å². The van der Waals surface area contributed by atoms with Crippen molar-refractivity contribution < 1.29 is 4.74 Å². The molecular formula is C12H20N2O. The van der Waals surface area contributed by atoms with Crippen molar-refractivity contribution in [2.45, 2.75) is 32.0 Å². The molecule has 0 bridgehead atoms. The van der Waals surface area contributed by atoms with E-state index in [4.69, 9.17) is 16.2 Å². The van der Waals surface area contributed by atoms with Gasteiger partial charge >= 0.3 is 0 Å². The second-order valence-electron chi connectivity index (χ2n) is 3.74. The van der Waals surface area contributed by atoms with Gasteiger partial charge in [-0.1, -0.05) is 37.3 Å². The summed E-state index contributed by atoms with van der Waals surface area (Å²) in [5, 5.41) is 0. The fourth-order valence-corrected chi connectivity index (χ4v) is 1.31. The lowest BCUT2D eigenvalue weighted by atomic mass is 10.1. The summed E-state index contributed by atoms with van der Waals surface area (Å²) in [5.74, 6) is 0. The Labute approximate surface area is 91.4 Å². The summed E-state index contributed by atoms with van der Waals surface area (Å²) in [4.78, 5) is 0. The first-order valence-electron chi connectivity index (χ1n) is 5.37. The Hall–Kier alpha value is -0.900. The average molecular weight is 208 g/mol. The second kappa shape index (κ2) is 6.56. The van der Waals surface area contributed by atoms with Gasteiger partial charge in [0.05, 0.1) is 13.2 Å². The van der Waals surface area contributed by atoms with E-state index >= 15 is 0 Å². The molecule has 0 amide bonds. The van der Waals surface area contributed by atoms with Gasteiger partial charge in [-0.3, -0.25) is 0 Å². The highest BCUT2D eigenvalue weighted by Gasteiger charge is 2.10. The highest BCUT2D eigenvalue weighted by Crippen LogP contribution is 2.01. The molecule has 0 aliphatic rings. The van der Waals surface area contributed by atoms with E-state index in [1.807, 2.05) is 37.3 Å². The van der Waals surface area contributed by atoms with Crippen LogP contribution in [0.4, 0.5) is 0 Å². The Bertz CT molecular complexity index is 264. The van der Waals surface area contributed by atoms with Crippen LogP contribution in [-0.4, -0.2) is 18.7 Å². The van der Waals surface area contributed by atoms with Crippen LogP contribution in [0.25, 0.3) is 0 Å². The van der Waals surface area contributed by atoms with Gasteiger partial charge in [-0.15, -0.1) is 0 Å². The Morgan fingerprint density at radius 1 is 1.13 bits per heavy atom.